The van der Waals surface area contributed by atoms with Crippen molar-refractivity contribution in [3.05, 3.63) is 23.2 Å². The summed E-state index contributed by atoms with van der Waals surface area (Å²) in [6, 6.07) is 3.91. The third-order valence-corrected chi connectivity index (χ3v) is 3.69. The Morgan fingerprint density at radius 1 is 1.40 bits per heavy atom. The number of hydrogen-bond acceptors (Lipinski definition) is 4. The normalized spacial score (nSPS) is 22.2. The van der Waals surface area contributed by atoms with E-state index >= 15 is 0 Å². The van der Waals surface area contributed by atoms with Gasteiger partial charge in [0, 0.05) is 11.6 Å². The van der Waals surface area contributed by atoms with E-state index in [0.29, 0.717) is 29.6 Å². The van der Waals surface area contributed by atoms with Gasteiger partial charge < -0.3 is 14.4 Å². The number of nitrogens with zero attached hydrogens (tertiary/aromatic N) is 2. The van der Waals surface area contributed by atoms with Crippen LogP contribution >= 0.6 is 11.6 Å². The summed E-state index contributed by atoms with van der Waals surface area (Å²) in [5, 5.41) is 0.433. The van der Waals surface area contributed by atoms with Crippen LogP contribution in [0.25, 0.3) is 0 Å². The summed E-state index contributed by atoms with van der Waals surface area (Å²) in [7, 11) is 1.48. The highest BCUT2D eigenvalue weighted by molar-refractivity contribution is 6.31. The maximum absolute atomic E-state index is 12.4. The van der Waals surface area contributed by atoms with Crippen molar-refractivity contribution in [1.82, 2.24) is 4.90 Å². The van der Waals surface area contributed by atoms with Crippen LogP contribution in [0.4, 0.5) is 10.5 Å². The average Bonchev–Trinajstić information content (AvgIpc) is 2.71. The first-order chi connectivity index (χ1) is 9.63. The van der Waals surface area contributed by atoms with Crippen LogP contribution in [-0.4, -0.2) is 49.7 Å². The lowest BCUT2D eigenvalue weighted by Gasteiger charge is -2.26. The van der Waals surface area contributed by atoms with E-state index in [0.717, 1.165) is 4.90 Å². The zero-order valence-electron chi connectivity index (χ0n) is 10.8. The number of urea groups is 1. The Kier molecular flexibility index (Phi) is 3.27. The average molecular weight is 297 g/mol. The number of hydrogen-bond donors (Lipinski definition) is 0. The number of amides is 3. The minimum absolute atomic E-state index is 0.226. The number of carbonyl (C=O) groups is 2. The number of imide groups is 1. The van der Waals surface area contributed by atoms with Crippen molar-refractivity contribution >= 4 is 29.2 Å². The molecule has 1 aromatic rings. The molecule has 0 saturated carbocycles. The van der Waals surface area contributed by atoms with Crippen molar-refractivity contribution in [1.29, 1.82) is 0 Å². The van der Waals surface area contributed by atoms with Crippen LogP contribution in [0, 0.1) is 0 Å². The number of benzene rings is 1. The number of rotatable bonds is 2. The zero-order valence-corrected chi connectivity index (χ0v) is 11.6. The largest absolute Gasteiger partial charge is 0.495 e. The summed E-state index contributed by atoms with van der Waals surface area (Å²) < 4.78 is 10.5. The van der Waals surface area contributed by atoms with Crippen LogP contribution < -0.4 is 9.64 Å². The first kappa shape index (κ1) is 13.2. The van der Waals surface area contributed by atoms with E-state index in [1.165, 1.54) is 12.0 Å². The van der Waals surface area contributed by atoms with Gasteiger partial charge in [-0.1, -0.05) is 11.6 Å². The van der Waals surface area contributed by atoms with Gasteiger partial charge in [-0.05, 0) is 18.2 Å². The number of morpholine rings is 1. The fourth-order valence-electron chi connectivity index (χ4n) is 2.47. The summed E-state index contributed by atoms with van der Waals surface area (Å²) >= 11 is 5.96. The fourth-order valence-corrected chi connectivity index (χ4v) is 2.63. The summed E-state index contributed by atoms with van der Waals surface area (Å²) in [6.45, 7) is 1.08. The Labute approximate surface area is 120 Å². The van der Waals surface area contributed by atoms with Gasteiger partial charge in [-0.25, -0.2) is 9.69 Å². The Bertz CT molecular complexity index is 553. The molecule has 0 spiro atoms. The van der Waals surface area contributed by atoms with Crippen LogP contribution in [-0.2, 0) is 9.53 Å². The fraction of sp³-hybridized carbons (Fsp3) is 0.385. The molecule has 1 atom stereocenters. The third-order valence-electron chi connectivity index (χ3n) is 3.45. The smallest absolute Gasteiger partial charge is 0.332 e. The lowest BCUT2D eigenvalue weighted by atomic mass is 10.2. The number of halogens is 1. The molecule has 2 aliphatic rings. The second-order valence-corrected chi connectivity index (χ2v) is 4.99. The van der Waals surface area contributed by atoms with Crippen molar-refractivity contribution in [3.8, 4) is 5.75 Å². The molecule has 7 heteroatoms. The zero-order chi connectivity index (χ0) is 14.3. The Morgan fingerprint density at radius 3 is 2.90 bits per heavy atom. The molecule has 3 amide bonds. The Morgan fingerprint density at radius 2 is 2.20 bits per heavy atom. The van der Waals surface area contributed by atoms with Crippen LogP contribution in [0.2, 0.25) is 5.02 Å². The first-order valence-corrected chi connectivity index (χ1v) is 6.57. The number of fused-ring (bicyclic) bond motifs is 1. The highest BCUT2D eigenvalue weighted by Gasteiger charge is 2.48. The van der Waals surface area contributed by atoms with Gasteiger partial charge in [0.2, 0.25) is 0 Å². The molecule has 0 radical (unpaired) electrons. The van der Waals surface area contributed by atoms with Crippen molar-refractivity contribution in [3.63, 3.8) is 0 Å². The molecule has 6 nitrogen and oxygen atoms in total. The molecule has 2 aliphatic heterocycles. The summed E-state index contributed by atoms with van der Waals surface area (Å²) in [5.41, 5.74) is 0.365. The quantitative estimate of drug-likeness (QED) is 0.776. The van der Waals surface area contributed by atoms with E-state index in [1.807, 2.05) is 0 Å². The predicted molar refractivity (Wildman–Crippen MR) is 72.2 cm³/mol. The highest BCUT2D eigenvalue weighted by atomic mass is 35.5. The van der Waals surface area contributed by atoms with Crippen LogP contribution in [0.3, 0.4) is 0 Å². The molecule has 2 saturated heterocycles. The van der Waals surface area contributed by atoms with E-state index in [9.17, 15) is 9.59 Å². The Hall–Kier alpha value is -1.79. The van der Waals surface area contributed by atoms with Crippen LogP contribution in [0.5, 0.6) is 5.75 Å². The molecule has 0 bridgehead atoms. The number of methoxy groups -OCH3 is 1. The number of ether oxygens (including phenoxy) is 2. The van der Waals surface area contributed by atoms with Gasteiger partial charge >= 0.3 is 6.03 Å². The van der Waals surface area contributed by atoms with E-state index in [2.05, 4.69) is 0 Å². The molecule has 0 aromatic heterocycles. The van der Waals surface area contributed by atoms with Crippen LogP contribution in [0.1, 0.15) is 0 Å². The number of carbonyl (C=O) groups excluding carboxylic acids is 2. The van der Waals surface area contributed by atoms with E-state index in [-0.39, 0.29) is 18.5 Å². The molecule has 2 heterocycles. The van der Waals surface area contributed by atoms with Crippen molar-refractivity contribution in [2.45, 2.75) is 6.04 Å². The van der Waals surface area contributed by atoms with Gasteiger partial charge in [-0.3, -0.25) is 4.79 Å². The highest BCUT2D eigenvalue weighted by Crippen LogP contribution is 2.35. The molecular formula is C13H13ClN2O4. The van der Waals surface area contributed by atoms with Crippen LogP contribution in [0.15, 0.2) is 18.2 Å². The second-order valence-electron chi connectivity index (χ2n) is 4.56. The van der Waals surface area contributed by atoms with Gasteiger partial charge in [-0.15, -0.1) is 0 Å². The molecule has 2 fully saturated rings. The lowest BCUT2D eigenvalue weighted by Crippen LogP contribution is -2.45. The van der Waals surface area contributed by atoms with Crippen molar-refractivity contribution in [2.75, 3.05) is 31.8 Å². The summed E-state index contributed by atoms with van der Waals surface area (Å²) in [5.74, 6) is 0.118. The molecule has 3 rings (SSSR count). The molecule has 0 aliphatic carbocycles. The standard InChI is InChI=1S/C13H13ClN2O4/c1-19-11-3-2-8(14)6-9(11)16-12(17)10-7-20-5-4-15(10)13(16)18/h2-3,6,10H,4-5,7H2,1H3/t10-/m1/s1. The van der Waals surface area contributed by atoms with Gasteiger partial charge in [-0.2, -0.15) is 0 Å². The third kappa shape index (κ3) is 1.92. The predicted octanol–water partition coefficient (Wildman–Crippen LogP) is 1.52. The molecule has 20 heavy (non-hydrogen) atoms. The van der Waals surface area contributed by atoms with E-state index < -0.39 is 6.04 Å². The molecule has 1 aromatic carbocycles. The molecule has 106 valence electrons. The topological polar surface area (TPSA) is 59.1 Å². The van der Waals surface area contributed by atoms with Crippen molar-refractivity contribution in [2.24, 2.45) is 0 Å². The van der Waals surface area contributed by atoms with E-state index in [1.54, 1.807) is 18.2 Å². The monoisotopic (exact) mass is 296 g/mol. The second kappa shape index (κ2) is 4.96. The van der Waals surface area contributed by atoms with Gasteiger partial charge in [0.15, 0.2) is 0 Å². The molecule has 0 unspecified atom stereocenters. The van der Waals surface area contributed by atoms with Gasteiger partial charge in [0.05, 0.1) is 26.0 Å². The number of anilines is 1. The van der Waals surface area contributed by atoms with Gasteiger partial charge in [0.25, 0.3) is 5.91 Å². The SMILES string of the molecule is COc1ccc(Cl)cc1N1C(=O)[C@H]2COCCN2C1=O. The minimum Gasteiger partial charge on any atom is -0.495 e. The first-order valence-electron chi connectivity index (χ1n) is 6.19. The lowest BCUT2D eigenvalue weighted by molar-refractivity contribution is -0.123. The maximum Gasteiger partial charge on any atom is 0.332 e. The minimum atomic E-state index is -0.556. The van der Waals surface area contributed by atoms with Crippen molar-refractivity contribution < 1.29 is 19.1 Å². The van der Waals surface area contributed by atoms with E-state index in [4.69, 9.17) is 21.1 Å². The molecule has 0 N–H and O–H groups in total. The maximum atomic E-state index is 12.4. The summed E-state index contributed by atoms with van der Waals surface area (Å²) in [6.07, 6.45) is 0. The summed E-state index contributed by atoms with van der Waals surface area (Å²) in [4.78, 5) is 27.5. The van der Waals surface area contributed by atoms with Gasteiger partial charge in [0.1, 0.15) is 11.8 Å². The molecular weight excluding hydrogens is 284 g/mol. The Balaban J connectivity index is 2.03.